The Kier molecular flexibility index (Phi) is 4.43. The number of hydrogen-bond acceptors (Lipinski definition) is 6. The van der Waals surface area contributed by atoms with Gasteiger partial charge < -0.3 is 10.4 Å². The molecule has 0 aliphatic carbocycles. The molecule has 8 nitrogen and oxygen atoms in total. The van der Waals surface area contributed by atoms with E-state index in [1.165, 1.54) is 22.3 Å². The number of carbonyl (C=O) groups is 2. The number of rotatable bonds is 5. The van der Waals surface area contributed by atoms with E-state index in [0.29, 0.717) is 5.01 Å². The van der Waals surface area contributed by atoms with E-state index in [-0.39, 0.29) is 18.1 Å². The molecule has 110 valence electrons. The fourth-order valence-corrected chi connectivity index (χ4v) is 2.40. The number of hydrogen-bond donors (Lipinski definition) is 2. The Balaban J connectivity index is 2.00. The van der Waals surface area contributed by atoms with Crippen LogP contribution in [-0.4, -0.2) is 31.5 Å². The molecule has 0 fully saturated rings. The molecular weight excluding hydrogens is 296 g/mol. The van der Waals surface area contributed by atoms with E-state index >= 15 is 0 Å². The standard InChI is InChI=1S/C12H12N4O4S/c1-7(10-15-8(6-21-10)11(18)19)14-9(17)5-16-4-2-3-13-12(16)20/h2-4,6-7H,5H2,1H3,(H,14,17)(H,18,19). The molecule has 2 rings (SSSR count). The van der Waals surface area contributed by atoms with Gasteiger partial charge in [-0.25, -0.2) is 19.6 Å². The molecule has 0 aliphatic rings. The summed E-state index contributed by atoms with van der Waals surface area (Å²) >= 11 is 1.15. The number of carbonyl (C=O) groups excluding carboxylic acids is 1. The number of thiazole rings is 1. The topological polar surface area (TPSA) is 114 Å². The summed E-state index contributed by atoms with van der Waals surface area (Å²) in [6, 6.07) is 1.11. The fraction of sp³-hybridized carbons (Fsp3) is 0.250. The van der Waals surface area contributed by atoms with Gasteiger partial charge in [-0.15, -0.1) is 11.3 Å². The van der Waals surface area contributed by atoms with Gasteiger partial charge in [0.2, 0.25) is 5.91 Å². The largest absolute Gasteiger partial charge is 0.476 e. The molecule has 0 saturated heterocycles. The second-order valence-electron chi connectivity index (χ2n) is 4.20. The minimum atomic E-state index is -1.11. The van der Waals surface area contributed by atoms with Crippen molar-refractivity contribution < 1.29 is 14.7 Å². The van der Waals surface area contributed by atoms with Crippen LogP contribution in [0.5, 0.6) is 0 Å². The van der Waals surface area contributed by atoms with Crippen LogP contribution in [0.4, 0.5) is 0 Å². The molecule has 1 unspecified atom stereocenters. The molecule has 21 heavy (non-hydrogen) atoms. The molecule has 1 amide bonds. The third kappa shape index (κ3) is 3.72. The molecule has 2 heterocycles. The van der Waals surface area contributed by atoms with Gasteiger partial charge in [0.15, 0.2) is 5.69 Å². The highest BCUT2D eigenvalue weighted by Crippen LogP contribution is 2.17. The number of aromatic carboxylic acids is 1. The Labute approximate surface area is 123 Å². The summed E-state index contributed by atoms with van der Waals surface area (Å²) in [4.78, 5) is 41.4. The van der Waals surface area contributed by atoms with Crippen molar-refractivity contribution in [1.29, 1.82) is 0 Å². The van der Waals surface area contributed by atoms with Gasteiger partial charge in [0.25, 0.3) is 0 Å². The van der Waals surface area contributed by atoms with Crippen LogP contribution in [0.3, 0.4) is 0 Å². The molecule has 1 atom stereocenters. The van der Waals surface area contributed by atoms with Gasteiger partial charge in [-0.1, -0.05) is 0 Å². The van der Waals surface area contributed by atoms with Gasteiger partial charge in [-0.3, -0.25) is 9.36 Å². The predicted octanol–water partition coefficient (Wildman–Crippen LogP) is 0.275. The highest BCUT2D eigenvalue weighted by Gasteiger charge is 2.16. The average Bonchev–Trinajstić information content (AvgIpc) is 2.91. The number of nitrogens with zero attached hydrogens (tertiary/aromatic N) is 3. The van der Waals surface area contributed by atoms with Crippen molar-refractivity contribution >= 4 is 23.2 Å². The van der Waals surface area contributed by atoms with Crippen LogP contribution in [-0.2, 0) is 11.3 Å². The van der Waals surface area contributed by atoms with Crippen LogP contribution < -0.4 is 11.0 Å². The van der Waals surface area contributed by atoms with Crippen LogP contribution in [0.15, 0.2) is 28.6 Å². The minimum Gasteiger partial charge on any atom is -0.476 e. The Morgan fingerprint density at radius 2 is 2.29 bits per heavy atom. The Morgan fingerprint density at radius 1 is 1.52 bits per heavy atom. The van der Waals surface area contributed by atoms with E-state index < -0.39 is 17.7 Å². The normalized spacial score (nSPS) is 11.9. The van der Waals surface area contributed by atoms with Crippen LogP contribution in [0.25, 0.3) is 0 Å². The first-order valence-corrected chi connectivity index (χ1v) is 6.85. The van der Waals surface area contributed by atoms with Gasteiger partial charge in [-0.05, 0) is 13.0 Å². The second kappa shape index (κ2) is 6.27. The minimum absolute atomic E-state index is 0.0559. The molecule has 2 N–H and O–H groups in total. The fourth-order valence-electron chi connectivity index (χ4n) is 1.60. The Bertz CT molecular complexity index is 724. The molecule has 2 aromatic heterocycles. The van der Waals surface area contributed by atoms with E-state index in [0.717, 1.165) is 11.3 Å². The number of carboxylic acids is 1. The van der Waals surface area contributed by atoms with Gasteiger partial charge in [0, 0.05) is 17.8 Å². The maximum Gasteiger partial charge on any atom is 0.355 e. The molecule has 0 spiro atoms. The molecule has 0 aliphatic heterocycles. The molecule has 9 heteroatoms. The zero-order valence-electron chi connectivity index (χ0n) is 11.0. The SMILES string of the molecule is CC(NC(=O)Cn1cccnc1=O)c1nc(C(=O)O)cs1. The van der Waals surface area contributed by atoms with Gasteiger partial charge in [0.1, 0.15) is 11.6 Å². The first kappa shape index (κ1) is 14.9. The van der Waals surface area contributed by atoms with Crippen molar-refractivity contribution in [3.63, 3.8) is 0 Å². The van der Waals surface area contributed by atoms with E-state index in [1.54, 1.807) is 13.0 Å². The van der Waals surface area contributed by atoms with Crippen molar-refractivity contribution in [3.8, 4) is 0 Å². The summed E-state index contributed by atoms with van der Waals surface area (Å²) in [5.74, 6) is -1.50. The van der Waals surface area contributed by atoms with Crippen LogP contribution >= 0.6 is 11.3 Å². The number of amides is 1. The van der Waals surface area contributed by atoms with Crippen LogP contribution in [0, 0.1) is 0 Å². The zero-order chi connectivity index (χ0) is 15.4. The molecule has 0 radical (unpaired) electrons. The van der Waals surface area contributed by atoms with E-state index in [1.807, 2.05) is 0 Å². The highest BCUT2D eigenvalue weighted by atomic mass is 32.1. The summed E-state index contributed by atoms with van der Waals surface area (Å²) in [6.07, 6.45) is 2.81. The second-order valence-corrected chi connectivity index (χ2v) is 5.09. The van der Waals surface area contributed by atoms with Crippen LogP contribution in [0.2, 0.25) is 0 Å². The van der Waals surface area contributed by atoms with Crippen molar-refractivity contribution in [1.82, 2.24) is 19.9 Å². The van der Waals surface area contributed by atoms with E-state index in [9.17, 15) is 14.4 Å². The molecule has 2 aromatic rings. The van der Waals surface area contributed by atoms with Crippen LogP contribution in [0.1, 0.15) is 28.5 Å². The first-order chi connectivity index (χ1) is 9.97. The van der Waals surface area contributed by atoms with Gasteiger partial charge >= 0.3 is 11.7 Å². The summed E-state index contributed by atoms with van der Waals surface area (Å²) in [5, 5.41) is 13.3. The molecular formula is C12H12N4O4S. The third-order valence-corrected chi connectivity index (χ3v) is 3.61. The predicted molar refractivity (Wildman–Crippen MR) is 74.1 cm³/mol. The summed E-state index contributed by atoms with van der Waals surface area (Å²) in [7, 11) is 0. The smallest absolute Gasteiger partial charge is 0.355 e. The number of aromatic nitrogens is 3. The Morgan fingerprint density at radius 3 is 2.90 bits per heavy atom. The maximum atomic E-state index is 11.9. The first-order valence-electron chi connectivity index (χ1n) is 5.97. The van der Waals surface area contributed by atoms with Crippen molar-refractivity contribution in [2.45, 2.75) is 19.5 Å². The molecule has 0 bridgehead atoms. The quantitative estimate of drug-likeness (QED) is 0.819. The summed E-state index contributed by atoms with van der Waals surface area (Å²) in [5.41, 5.74) is -0.567. The number of carboxylic acid groups (broad SMARTS) is 1. The molecule has 0 saturated carbocycles. The lowest BCUT2D eigenvalue weighted by atomic mass is 10.3. The van der Waals surface area contributed by atoms with Crippen molar-refractivity contribution in [2.24, 2.45) is 0 Å². The average molecular weight is 308 g/mol. The Hall–Kier alpha value is -2.55. The molecule has 0 aromatic carbocycles. The zero-order valence-corrected chi connectivity index (χ0v) is 11.8. The number of nitrogens with one attached hydrogen (secondary N) is 1. The summed E-state index contributed by atoms with van der Waals surface area (Å²) in [6.45, 7) is 1.53. The van der Waals surface area contributed by atoms with Crippen molar-refractivity contribution in [2.75, 3.05) is 0 Å². The lowest BCUT2D eigenvalue weighted by molar-refractivity contribution is -0.122. The summed E-state index contributed by atoms with van der Waals surface area (Å²) < 4.78 is 1.17. The maximum absolute atomic E-state index is 11.9. The van der Waals surface area contributed by atoms with Gasteiger partial charge in [-0.2, -0.15) is 0 Å². The van der Waals surface area contributed by atoms with E-state index in [2.05, 4.69) is 15.3 Å². The lowest BCUT2D eigenvalue weighted by Crippen LogP contribution is -2.34. The van der Waals surface area contributed by atoms with Crippen molar-refractivity contribution in [3.05, 3.63) is 45.0 Å². The lowest BCUT2D eigenvalue weighted by Gasteiger charge is -2.11. The monoisotopic (exact) mass is 308 g/mol. The highest BCUT2D eigenvalue weighted by molar-refractivity contribution is 7.09. The van der Waals surface area contributed by atoms with E-state index in [4.69, 9.17) is 5.11 Å². The van der Waals surface area contributed by atoms with Gasteiger partial charge in [0.05, 0.1) is 6.04 Å². The third-order valence-electron chi connectivity index (χ3n) is 2.59.